The second kappa shape index (κ2) is 6.06. The molecule has 3 aromatic heterocycles. The lowest BCUT2D eigenvalue weighted by Crippen LogP contribution is -2.47. The molecule has 0 bridgehead atoms. The van der Waals surface area contributed by atoms with Gasteiger partial charge in [0, 0.05) is 49.2 Å². The molecule has 0 atom stereocenters. The molecular weight excluding hydrogens is 348 g/mol. The second-order valence-corrected chi connectivity index (χ2v) is 7.72. The van der Waals surface area contributed by atoms with Gasteiger partial charge in [-0.15, -0.1) is 0 Å². The van der Waals surface area contributed by atoms with E-state index in [1.54, 1.807) is 18.6 Å². The number of fused-ring (bicyclic) bond motifs is 1. The first-order valence-corrected chi connectivity index (χ1v) is 9.28. The molecular formula is C19H19ClN6. The summed E-state index contributed by atoms with van der Waals surface area (Å²) in [6, 6.07) is 8.14. The zero-order chi connectivity index (χ0) is 17.6. The summed E-state index contributed by atoms with van der Waals surface area (Å²) < 4.78 is 0. The summed E-state index contributed by atoms with van der Waals surface area (Å²) >= 11 is 6.23. The van der Waals surface area contributed by atoms with Gasteiger partial charge in [-0.1, -0.05) is 11.6 Å². The molecule has 1 aliphatic carbocycles. The van der Waals surface area contributed by atoms with Gasteiger partial charge in [0.15, 0.2) is 0 Å². The Kier molecular flexibility index (Phi) is 3.67. The van der Waals surface area contributed by atoms with Crippen molar-refractivity contribution in [3.05, 3.63) is 48.0 Å². The largest absolute Gasteiger partial charge is 0.355 e. The molecule has 1 saturated heterocycles. The first-order chi connectivity index (χ1) is 12.7. The van der Waals surface area contributed by atoms with Gasteiger partial charge >= 0.3 is 0 Å². The molecule has 1 saturated carbocycles. The number of nitrogens with one attached hydrogen (secondary N) is 1. The predicted molar refractivity (Wildman–Crippen MR) is 102 cm³/mol. The summed E-state index contributed by atoms with van der Waals surface area (Å²) in [6.07, 6.45) is 8.78. The molecule has 0 unspecified atom stereocenters. The van der Waals surface area contributed by atoms with Gasteiger partial charge in [0.05, 0.1) is 5.52 Å². The minimum Gasteiger partial charge on any atom is -0.355 e. The summed E-state index contributed by atoms with van der Waals surface area (Å²) in [7, 11) is 0. The molecule has 5 rings (SSSR count). The van der Waals surface area contributed by atoms with Crippen LogP contribution < -0.4 is 10.2 Å². The quantitative estimate of drug-likeness (QED) is 0.715. The fourth-order valence-electron chi connectivity index (χ4n) is 4.36. The van der Waals surface area contributed by atoms with Crippen molar-refractivity contribution in [2.24, 2.45) is 5.41 Å². The lowest BCUT2D eigenvalue weighted by atomic mass is 9.65. The highest BCUT2D eigenvalue weighted by Gasteiger charge is 2.49. The fourth-order valence-corrected chi connectivity index (χ4v) is 4.55. The lowest BCUT2D eigenvalue weighted by molar-refractivity contribution is 0.144. The highest BCUT2D eigenvalue weighted by Crippen LogP contribution is 2.50. The van der Waals surface area contributed by atoms with Crippen molar-refractivity contribution >= 4 is 34.3 Å². The van der Waals surface area contributed by atoms with Gasteiger partial charge in [0.2, 0.25) is 5.95 Å². The van der Waals surface area contributed by atoms with Gasteiger partial charge in [0.1, 0.15) is 11.0 Å². The van der Waals surface area contributed by atoms with Crippen molar-refractivity contribution in [1.82, 2.24) is 19.9 Å². The number of pyridine rings is 2. The van der Waals surface area contributed by atoms with Gasteiger partial charge < -0.3 is 10.2 Å². The van der Waals surface area contributed by atoms with E-state index in [0.29, 0.717) is 16.6 Å². The topological polar surface area (TPSA) is 66.8 Å². The normalized spacial score (nSPS) is 24.8. The molecule has 6 nitrogen and oxygen atoms in total. The van der Waals surface area contributed by atoms with Crippen LogP contribution in [-0.4, -0.2) is 39.1 Å². The number of rotatable bonds is 3. The third-order valence-electron chi connectivity index (χ3n) is 5.54. The maximum atomic E-state index is 6.23. The average Bonchev–Trinajstić information content (AvgIpc) is 3.07. The summed E-state index contributed by atoms with van der Waals surface area (Å²) in [5.74, 6) is 1.68. The Labute approximate surface area is 156 Å². The minimum atomic E-state index is 0.352. The first kappa shape index (κ1) is 15.8. The van der Waals surface area contributed by atoms with Crippen LogP contribution >= 0.6 is 11.6 Å². The lowest BCUT2D eigenvalue weighted by Gasteiger charge is -2.45. The Morgan fingerprint density at radius 1 is 1.12 bits per heavy atom. The molecule has 2 fully saturated rings. The van der Waals surface area contributed by atoms with Crippen LogP contribution in [0.25, 0.3) is 10.9 Å². The molecule has 0 radical (unpaired) electrons. The van der Waals surface area contributed by atoms with Crippen LogP contribution in [0.1, 0.15) is 19.3 Å². The van der Waals surface area contributed by atoms with E-state index in [1.807, 2.05) is 18.2 Å². The van der Waals surface area contributed by atoms with Crippen LogP contribution in [0.5, 0.6) is 0 Å². The molecule has 0 aromatic carbocycles. The number of nitrogens with zero attached hydrogens (tertiary/aromatic N) is 5. The van der Waals surface area contributed by atoms with Crippen molar-refractivity contribution in [3.8, 4) is 0 Å². The van der Waals surface area contributed by atoms with E-state index in [9.17, 15) is 0 Å². The predicted octanol–water partition coefficient (Wildman–Crippen LogP) is 3.54. The van der Waals surface area contributed by atoms with Gasteiger partial charge in [0.25, 0.3) is 0 Å². The van der Waals surface area contributed by atoms with Crippen LogP contribution in [0.4, 0.5) is 11.8 Å². The average molecular weight is 367 g/mol. The molecule has 2 aliphatic rings. The molecule has 0 amide bonds. The second-order valence-electron chi connectivity index (χ2n) is 7.33. The highest BCUT2D eigenvalue weighted by molar-refractivity contribution is 6.30. The van der Waals surface area contributed by atoms with Crippen LogP contribution in [0.3, 0.4) is 0 Å². The SMILES string of the molecule is Clc1cc2ncccc2c(N2CCC3(CC(Nc4ncccn4)C3)C2)n1. The van der Waals surface area contributed by atoms with Crippen LogP contribution in [-0.2, 0) is 0 Å². The van der Waals surface area contributed by atoms with E-state index in [2.05, 4.69) is 36.2 Å². The Bertz CT molecular complexity index is 941. The van der Waals surface area contributed by atoms with Gasteiger partial charge in [-0.3, -0.25) is 4.98 Å². The van der Waals surface area contributed by atoms with Crippen molar-refractivity contribution in [2.45, 2.75) is 25.3 Å². The summed E-state index contributed by atoms with van der Waals surface area (Å²) in [6.45, 7) is 2.02. The summed E-state index contributed by atoms with van der Waals surface area (Å²) in [4.78, 5) is 19.9. The third-order valence-corrected chi connectivity index (χ3v) is 5.74. The third kappa shape index (κ3) is 2.74. The van der Waals surface area contributed by atoms with E-state index in [-0.39, 0.29) is 0 Å². The molecule has 7 heteroatoms. The molecule has 1 aliphatic heterocycles. The Balaban J connectivity index is 1.32. The van der Waals surface area contributed by atoms with Gasteiger partial charge in [-0.25, -0.2) is 15.0 Å². The Morgan fingerprint density at radius 2 is 1.92 bits per heavy atom. The van der Waals surface area contributed by atoms with Gasteiger partial charge in [-0.2, -0.15) is 0 Å². The number of halogens is 1. The van der Waals surface area contributed by atoms with E-state index in [0.717, 1.165) is 48.6 Å². The summed E-state index contributed by atoms with van der Waals surface area (Å²) in [5, 5.41) is 5.01. The maximum absolute atomic E-state index is 6.23. The van der Waals surface area contributed by atoms with Gasteiger partial charge in [-0.05, 0) is 42.9 Å². The molecule has 1 spiro atoms. The van der Waals surface area contributed by atoms with Crippen molar-refractivity contribution < 1.29 is 0 Å². The molecule has 26 heavy (non-hydrogen) atoms. The first-order valence-electron chi connectivity index (χ1n) is 8.91. The summed E-state index contributed by atoms with van der Waals surface area (Å²) in [5.41, 5.74) is 1.25. The highest BCUT2D eigenvalue weighted by atomic mass is 35.5. The standard InChI is InChI=1S/C19H19ClN6/c20-16-9-15-14(3-1-5-21-15)17(25-16)26-8-4-19(12-26)10-13(11-19)24-18-22-6-2-7-23-18/h1-3,5-7,9,13H,4,8,10-12H2,(H,22,23,24). The molecule has 1 N–H and O–H groups in total. The Morgan fingerprint density at radius 3 is 2.77 bits per heavy atom. The Hall–Kier alpha value is -2.47. The molecule has 132 valence electrons. The number of aromatic nitrogens is 4. The monoisotopic (exact) mass is 366 g/mol. The number of hydrogen-bond donors (Lipinski definition) is 1. The zero-order valence-electron chi connectivity index (χ0n) is 14.3. The van der Waals surface area contributed by atoms with E-state index in [4.69, 9.17) is 11.6 Å². The van der Waals surface area contributed by atoms with Crippen molar-refractivity contribution in [2.75, 3.05) is 23.3 Å². The number of anilines is 2. The zero-order valence-corrected chi connectivity index (χ0v) is 15.0. The van der Waals surface area contributed by atoms with Crippen molar-refractivity contribution in [3.63, 3.8) is 0 Å². The van der Waals surface area contributed by atoms with E-state index in [1.165, 1.54) is 6.42 Å². The van der Waals surface area contributed by atoms with Crippen molar-refractivity contribution in [1.29, 1.82) is 0 Å². The van der Waals surface area contributed by atoms with E-state index >= 15 is 0 Å². The maximum Gasteiger partial charge on any atom is 0.222 e. The molecule has 3 aromatic rings. The van der Waals surface area contributed by atoms with Crippen LogP contribution in [0, 0.1) is 5.41 Å². The minimum absolute atomic E-state index is 0.352. The molecule has 4 heterocycles. The smallest absolute Gasteiger partial charge is 0.222 e. The number of hydrogen-bond acceptors (Lipinski definition) is 6. The van der Waals surface area contributed by atoms with Crippen LogP contribution in [0.15, 0.2) is 42.9 Å². The fraction of sp³-hybridized carbons (Fsp3) is 0.368. The van der Waals surface area contributed by atoms with E-state index < -0.39 is 0 Å². The van der Waals surface area contributed by atoms with Crippen LogP contribution in [0.2, 0.25) is 5.15 Å².